The molecule has 0 fully saturated rings. The molecule has 0 aliphatic carbocycles. The number of carbonyl (C=O) groups is 1. The standard InChI is InChI=1S/C15H22FNO2/c1-3-4-5-6-7-11(2)17-15(19)13-9-8-12(18)10-14(13)16/h8-11,18H,3-7H2,1-2H3,(H,17,19). The van der Waals surface area contributed by atoms with Crippen LogP contribution in [0.2, 0.25) is 0 Å². The molecule has 1 amide bonds. The van der Waals surface area contributed by atoms with Crippen LogP contribution in [0.3, 0.4) is 0 Å². The number of halogens is 1. The van der Waals surface area contributed by atoms with E-state index in [4.69, 9.17) is 5.11 Å². The van der Waals surface area contributed by atoms with E-state index >= 15 is 0 Å². The Labute approximate surface area is 113 Å². The van der Waals surface area contributed by atoms with Gasteiger partial charge in [0.2, 0.25) is 0 Å². The first-order valence-electron chi connectivity index (χ1n) is 6.84. The van der Waals surface area contributed by atoms with E-state index in [2.05, 4.69) is 12.2 Å². The topological polar surface area (TPSA) is 49.3 Å². The summed E-state index contributed by atoms with van der Waals surface area (Å²) in [5.41, 5.74) is -0.0294. The Morgan fingerprint density at radius 3 is 2.74 bits per heavy atom. The third-order valence-corrected chi connectivity index (χ3v) is 3.07. The van der Waals surface area contributed by atoms with Gasteiger partial charge in [-0.05, 0) is 25.5 Å². The Morgan fingerprint density at radius 1 is 1.37 bits per heavy atom. The van der Waals surface area contributed by atoms with Crippen LogP contribution < -0.4 is 5.32 Å². The highest BCUT2D eigenvalue weighted by Gasteiger charge is 2.14. The summed E-state index contributed by atoms with van der Waals surface area (Å²) in [6, 6.07) is 3.58. The quantitative estimate of drug-likeness (QED) is 0.741. The zero-order chi connectivity index (χ0) is 14.3. The summed E-state index contributed by atoms with van der Waals surface area (Å²) in [4.78, 5) is 11.8. The van der Waals surface area contributed by atoms with Crippen molar-refractivity contribution in [3.05, 3.63) is 29.6 Å². The molecule has 0 aromatic heterocycles. The van der Waals surface area contributed by atoms with Gasteiger partial charge < -0.3 is 10.4 Å². The van der Waals surface area contributed by atoms with Crippen LogP contribution in [0.1, 0.15) is 56.3 Å². The van der Waals surface area contributed by atoms with Crippen molar-refractivity contribution >= 4 is 5.91 Å². The molecule has 0 saturated heterocycles. The second-order valence-corrected chi connectivity index (χ2v) is 4.89. The highest BCUT2D eigenvalue weighted by Crippen LogP contribution is 2.15. The minimum Gasteiger partial charge on any atom is -0.508 e. The number of unbranched alkanes of at least 4 members (excludes halogenated alkanes) is 3. The molecule has 0 radical (unpaired) electrons. The monoisotopic (exact) mass is 267 g/mol. The molecule has 3 nitrogen and oxygen atoms in total. The van der Waals surface area contributed by atoms with Crippen molar-refractivity contribution < 1.29 is 14.3 Å². The Morgan fingerprint density at radius 2 is 2.11 bits per heavy atom. The van der Waals surface area contributed by atoms with Crippen LogP contribution in [0.15, 0.2) is 18.2 Å². The smallest absolute Gasteiger partial charge is 0.254 e. The molecule has 0 aliphatic rings. The lowest BCUT2D eigenvalue weighted by molar-refractivity contribution is 0.0934. The molecule has 4 heteroatoms. The molecule has 1 unspecified atom stereocenters. The molecule has 0 bridgehead atoms. The summed E-state index contributed by atoms with van der Waals surface area (Å²) < 4.78 is 13.5. The lowest BCUT2D eigenvalue weighted by Gasteiger charge is -2.14. The number of carbonyl (C=O) groups excluding carboxylic acids is 1. The number of hydrogen-bond donors (Lipinski definition) is 2. The van der Waals surface area contributed by atoms with Gasteiger partial charge in [-0.2, -0.15) is 0 Å². The first-order chi connectivity index (χ1) is 9.04. The molecule has 19 heavy (non-hydrogen) atoms. The predicted octanol–water partition coefficient (Wildman–Crippen LogP) is 3.62. The summed E-state index contributed by atoms with van der Waals surface area (Å²) in [5.74, 6) is -1.31. The maximum atomic E-state index is 13.5. The number of nitrogens with one attached hydrogen (secondary N) is 1. The predicted molar refractivity (Wildman–Crippen MR) is 73.8 cm³/mol. The lowest BCUT2D eigenvalue weighted by Crippen LogP contribution is -2.33. The Kier molecular flexibility index (Phi) is 6.33. The van der Waals surface area contributed by atoms with Crippen molar-refractivity contribution in [2.24, 2.45) is 0 Å². The van der Waals surface area contributed by atoms with E-state index in [1.54, 1.807) is 0 Å². The Bertz CT molecular complexity index is 421. The first-order valence-corrected chi connectivity index (χ1v) is 6.84. The Hall–Kier alpha value is -1.58. The van der Waals surface area contributed by atoms with Gasteiger partial charge in [-0.25, -0.2) is 4.39 Å². The molecule has 106 valence electrons. The fraction of sp³-hybridized carbons (Fsp3) is 0.533. The minimum atomic E-state index is -0.698. The number of aromatic hydroxyl groups is 1. The number of benzene rings is 1. The molecule has 1 atom stereocenters. The molecule has 0 spiro atoms. The zero-order valence-electron chi connectivity index (χ0n) is 11.6. The second-order valence-electron chi connectivity index (χ2n) is 4.89. The van der Waals surface area contributed by atoms with E-state index in [1.165, 1.54) is 25.0 Å². The van der Waals surface area contributed by atoms with Gasteiger partial charge >= 0.3 is 0 Å². The fourth-order valence-corrected chi connectivity index (χ4v) is 1.94. The number of rotatable bonds is 7. The highest BCUT2D eigenvalue weighted by molar-refractivity contribution is 5.94. The third-order valence-electron chi connectivity index (χ3n) is 3.07. The minimum absolute atomic E-state index is 0.0255. The van der Waals surface area contributed by atoms with Gasteiger partial charge in [-0.1, -0.05) is 32.6 Å². The zero-order valence-corrected chi connectivity index (χ0v) is 11.6. The van der Waals surface area contributed by atoms with Crippen LogP contribution in [-0.2, 0) is 0 Å². The first kappa shape index (κ1) is 15.5. The molecule has 0 saturated carbocycles. The Balaban J connectivity index is 2.45. The summed E-state index contributed by atoms with van der Waals surface area (Å²) in [6.45, 7) is 4.07. The number of amides is 1. The van der Waals surface area contributed by atoms with E-state index < -0.39 is 11.7 Å². The van der Waals surface area contributed by atoms with Gasteiger partial charge in [-0.3, -0.25) is 4.79 Å². The second kappa shape index (κ2) is 7.77. The maximum Gasteiger partial charge on any atom is 0.254 e. The van der Waals surface area contributed by atoms with Crippen molar-refractivity contribution in [2.75, 3.05) is 0 Å². The summed E-state index contributed by atoms with van der Waals surface area (Å²) >= 11 is 0. The fourth-order valence-electron chi connectivity index (χ4n) is 1.94. The van der Waals surface area contributed by atoms with Crippen molar-refractivity contribution in [1.82, 2.24) is 5.32 Å². The highest BCUT2D eigenvalue weighted by atomic mass is 19.1. The van der Waals surface area contributed by atoms with Gasteiger partial charge in [-0.15, -0.1) is 0 Å². The number of hydrogen-bond acceptors (Lipinski definition) is 2. The van der Waals surface area contributed by atoms with Crippen molar-refractivity contribution in [2.45, 2.75) is 52.0 Å². The molecule has 1 aromatic rings. The van der Waals surface area contributed by atoms with E-state index in [0.29, 0.717) is 0 Å². The average molecular weight is 267 g/mol. The third kappa shape index (κ3) is 5.28. The van der Waals surface area contributed by atoms with Gasteiger partial charge in [0.25, 0.3) is 5.91 Å². The van der Waals surface area contributed by atoms with Crippen LogP contribution >= 0.6 is 0 Å². The summed E-state index contributed by atoms with van der Waals surface area (Å²) in [6.07, 6.45) is 5.50. The molecule has 1 rings (SSSR count). The molecule has 2 N–H and O–H groups in total. The number of phenolic OH excluding ortho intramolecular Hbond substituents is 1. The van der Waals surface area contributed by atoms with E-state index in [-0.39, 0.29) is 17.4 Å². The van der Waals surface area contributed by atoms with Gasteiger partial charge in [0.15, 0.2) is 0 Å². The maximum absolute atomic E-state index is 13.5. The molecule has 1 aromatic carbocycles. The SMILES string of the molecule is CCCCCCC(C)NC(=O)c1ccc(O)cc1F. The van der Waals surface area contributed by atoms with Gasteiger partial charge in [0.05, 0.1) is 5.56 Å². The van der Waals surface area contributed by atoms with Gasteiger partial charge in [0, 0.05) is 12.1 Å². The van der Waals surface area contributed by atoms with Gasteiger partial charge in [0.1, 0.15) is 11.6 Å². The van der Waals surface area contributed by atoms with E-state index in [1.807, 2.05) is 6.92 Å². The molecular weight excluding hydrogens is 245 g/mol. The van der Waals surface area contributed by atoms with Crippen LogP contribution in [-0.4, -0.2) is 17.1 Å². The van der Waals surface area contributed by atoms with Crippen molar-refractivity contribution in [1.29, 1.82) is 0 Å². The van der Waals surface area contributed by atoms with E-state index in [9.17, 15) is 9.18 Å². The van der Waals surface area contributed by atoms with E-state index in [0.717, 1.165) is 25.3 Å². The van der Waals surface area contributed by atoms with Crippen LogP contribution in [0.4, 0.5) is 4.39 Å². The molecule has 0 heterocycles. The summed E-state index contributed by atoms with van der Waals surface area (Å²) in [5, 5.41) is 11.9. The average Bonchev–Trinajstić information content (AvgIpc) is 2.34. The largest absolute Gasteiger partial charge is 0.508 e. The van der Waals surface area contributed by atoms with Crippen molar-refractivity contribution in [3.8, 4) is 5.75 Å². The molecular formula is C15H22FNO2. The normalized spacial score (nSPS) is 12.2. The van der Waals surface area contributed by atoms with Crippen LogP contribution in [0.25, 0.3) is 0 Å². The van der Waals surface area contributed by atoms with Crippen molar-refractivity contribution in [3.63, 3.8) is 0 Å². The van der Waals surface area contributed by atoms with Crippen LogP contribution in [0.5, 0.6) is 5.75 Å². The van der Waals surface area contributed by atoms with Crippen LogP contribution in [0, 0.1) is 5.82 Å². The number of phenols is 1. The summed E-state index contributed by atoms with van der Waals surface area (Å²) in [7, 11) is 0. The lowest BCUT2D eigenvalue weighted by atomic mass is 10.1. The molecule has 0 aliphatic heterocycles.